The Morgan fingerprint density at radius 2 is 1.64 bits per heavy atom. The molecular formula is C26H23ClN2O4. The zero-order valence-electron chi connectivity index (χ0n) is 18.5. The number of hydrogen-bond acceptors (Lipinski definition) is 5. The summed E-state index contributed by atoms with van der Waals surface area (Å²) in [5, 5.41) is 3.50. The molecule has 6 nitrogen and oxygen atoms in total. The van der Waals surface area contributed by atoms with Gasteiger partial charge in [-0.25, -0.2) is 4.90 Å². The Morgan fingerprint density at radius 3 is 2.24 bits per heavy atom. The lowest BCUT2D eigenvalue weighted by Gasteiger charge is -2.16. The molecule has 1 aliphatic heterocycles. The van der Waals surface area contributed by atoms with Crippen LogP contribution in [0.3, 0.4) is 0 Å². The average Bonchev–Trinajstić information content (AvgIpc) is 3.05. The largest absolute Gasteiger partial charge is 0.495 e. The van der Waals surface area contributed by atoms with E-state index in [2.05, 4.69) is 5.32 Å². The molecule has 2 amide bonds. The monoisotopic (exact) mass is 462 g/mol. The lowest BCUT2D eigenvalue weighted by atomic mass is 10.0. The third kappa shape index (κ3) is 4.43. The van der Waals surface area contributed by atoms with E-state index < -0.39 is 11.8 Å². The van der Waals surface area contributed by atoms with Gasteiger partial charge in [-0.3, -0.25) is 9.59 Å². The second-order valence-corrected chi connectivity index (χ2v) is 7.87. The molecule has 1 heterocycles. The number of ether oxygens (including phenoxy) is 2. The fourth-order valence-corrected chi connectivity index (χ4v) is 3.87. The molecule has 3 aromatic carbocycles. The number of nitrogens with one attached hydrogen (secondary N) is 1. The highest BCUT2D eigenvalue weighted by Crippen LogP contribution is 2.35. The van der Waals surface area contributed by atoms with E-state index in [9.17, 15) is 9.59 Å². The van der Waals surface area contributed by atoms with Gasteiger partial charge in [-0.05, 0) is 61.9 Å². The van der Waals surface area contributed by atoms with E-state index in [1.807, 2.05) is 38.1 Å². The molecule has 3 aromatic rings. The first-order chi connectivity index (χ1) is 15.9. The number of amides is 2. The van der Waals surface area contributed by atoms with E-state index in [0.29, 0.717) is 45.6 Å². The molecule has 0 atom stereocenters. The molecule has 0 radical (unpaired) electrons. The van der Waals surface area contributed by atoms with E-state index in [1.165, 1.54) is 12.0 Å². The van der Waals surface area contributed by atoms with Gasteiger partial charge in [-0.15, -0.1) is 0 Å². The smallest absolute Gasteiger partial charge is 0.282 e. The van der Waals surface area contributed by atoms with Crippen molar-refractivity contribution >= 4 is 40.4 Å². The molecule has 33 heavy (non-hydrogen) atoms. The molecule has 0 saturated heterocycles. The van der Waals surface area contributed by atoms with Crippen LogP contribution in [-0.2, 0) is 9.59 Å². The maximum absolute atomic E-state index is 13.5. The van der Waals surface area contributed by atoms with Gasteiger partial charge in [-0.1, -0.05) is 41.4 Å². The number of benzene rings is 3. The fraction of sp³-hybridized carbons (Fsp3) is 0.154. The topological polar surface area (TPSA) is 67.9 Å². The zero-order valence-corrected chi connectivity index (χ0v) is 19.3. The van der Waals surface area contributed by atoms with Crippen LogP contribution in [-0.4, -0.2) is 25.5 Å². The number of nitrogens with zero attached hydrogens (tertiary/aromatic N) is 1. The highest BCUT2D eigenvalue weighted by atomic mass is 35.5. The van der Waals surface area contributed by atoms with Crippen molar-refractivity contribution in [2.75, 3.05) is 23.9 Å². The number of halogens is 1. The normalized spacial score (nSPS) is 13.5. The van der Waals surface area contributed by atoms with Crippen LogP contribution in [0.1, 0.15) is 18.1 Å². The Kier molecular flexibility index (Phi) is 6.38. The van der Waals surface area contributed by atoms with Crippen molar-refractivity contribution in [1.29, 1.82) is 0 Å². The lowest BCUT2D eigenvalue weighted by Crippen LogP contribution is -2.32. The molecule has 0 aliphatic carbocycles. The minimum atomic E-state index is -0.452. The molecule has 0 saturated carbocycles. The third-order valence-electron chi connectivity index (χ3n) is 5.25. The van der Waals surface area contributed by atoms with Gasteiger partial charge >= 0.3 is 0 Å². The van der Waals surface area contributed by atoms with Crippen LogP contribution < -0.4 is 19.7 Å². The number of imide groups is 1. The number of anilines is 2. The minimum Gasteiger partial charge on any atom is -0.495 e. The highest BCUT2D eigenvalue weighted by molar-refractivity contribution is 6.46. The maximum atomic E-state index is 13.5. The van der Waals surface area contributed by atoms with Crippen molar-refractivity contribution in [1.82, 2.24) is 0 Å². The number of rotatable bonds is 7. The van der Waals surface area contributed by atoms with Gasteiger partial charge in [0.05, 0.1) is 30.0 Å². The van der Waals surface area contributed by atoms with Crippen LogP contribution in [0.2, 0.25) is 5.02 Å². The Morgan fingerprint density at radius 1 is 0.939 bits per heavy atom. The summed E-state index contributed by atoms with van der Waals surface area (Å²) in [4.78, 5) is 28.2. The first-order valence-electron chi connectivity index (χ1n) is 10.5. The molecule has 1 N–H and O–H groups in total. The molecule has 7 heteroatoms. The molecular weight excluding hydrogens is 440 g/mol. The predicted molar refractivity (Wildman–Crippen MR) is 130 cm³/mol. The Hall–Kier alpha value is -3.77. The highest BCUT2D eigenvalue weighted by Gasteiger charge is 2.40. The van der Waals surface area contributed by atoms with Crippen LogP contribution in [0.5, 0.6) is 11.5 Å². The summed E-state index contributed by atoms with van der Waals surface area (Å²) in [6, 6.07) is 19.4. The maximum Gasteiger partial charge on any atom is 0.282 e. The Labute approximate surface area is 197 Å². The number of carbonyl (C=O) groups excluding carboxylic acids is 2. The average molecular weight is 463 g/mol. The van der Waals surface area contributed by atoms with Crippen molar-refractivity contribution in [3.8, 4) is 11.5 Å². The molecule has 0 bridgehead atoms. The van der Waals surface area contributed by atoms with Crippen molar-refractivity contribution < 1.29 is 19.1 Å². The molecule has 0 fully saturated rings. The van der Waals surface area contributed by atoms with Gasteiger partial charge < -0.3 is 14.8 Å². The SMILES string of the molecule is CCOc1ccc(N2C(=O)C(Nc3ccc(OC)c(Cl)c3)=C(c3ccc(C)cc3)C2=O)cc1. The van der Waals surface area contributed by atoms with E-state index >= 15 is 0 Å². The van der Waals surface area contributed by atoms with E-state index in [-0.39, 0.29) is 5.70 Å². The van der Waals surface area contributed by atoms with E-state index in [0.717, 1.165) is 5.56 Å². The first kappa shape index (κ1) is 22.4. The van der Waals surface area contributed by atoms with Gasteiger partial charge in [0.2, 0.25) is 0 Å². The van der Waals surface area contributed by atoms with Crippen LogP contribution >= 0.6 is 11.6 Å². The molecule has 4 rings (SSSR count). The summed E-state index contributed by atoms with van der Waals surface area (Å²) in [6.07, 6.45) is 0. The molecule has 0 spiro atoms. The molecule has 0 aromatic heterocycles. The van der Waals surface area contributed by atoms with Crippen LogP contribution in [0.25, 0.3) is 5.57 Å². The quantitative estimate of drug-likeness (QED) is 0.473. The van der Waals surface area contributed by atoms with Gasteiger partial charge in [0.1, 0.15) is 17.2 Å². The van der Waals surface area contributed by atoms with Crippen LogP contribution in [0, 0.1) is 6.92 Å². The number of carbonyl (C=O) groups is 2. The second kappa shape index (κ2) is 9.38. The summed E-state index contributed by atoms with van der Waals surface area (Å²) in [5.74, 6) is 0.319. The van der Waals surface area contributed by atoms with Crippen molar-refractivity contribution in [2.45, 2.75) is 13.8 Å². The van der Waals surface area contributed by atoms with Gasteiger partial charge in [-0.2, -0.15) is 0 Å². The van der Waals surface area contributed by atoms with E-state index in [4.69, 9.17) is 21.1 Å². The minimum absolute atomic E-state index is 0.180. The fourth-order valence-electron chi connectivity index (χ4n) is 3.61. The summed E-state index contributed by atoms with van der Waals surface area (Å²) < 4.78 is 10.7. The standard InChI is InChI=1S/C26H23ClN2O4/c1-4-33-20-12-10-19(11-13-20)29-25(30)23(17-7-5-16(2)6-8-17)24(26(29)31)28-18-9-14-22(32-3)21(27)15-18/h5-15,28H,4H2,1-3H3. The first-order valence-corrected chi connectivity index (χ1v) is 10.8. The number of hydrogen-bond donors (Lipinski definition) is 1. The molecule has 1 aliphatic rings. The zero-order chi connectivity index (χ0) is 23.5. The molecule has 168 valence electrons. The second-order valence-electron chi connectivity index (χ2n) is 7.46. The third-order valence-corrected chi connectivity index (χ3v) is 5.55. The Balaban J connectivity index is 1.76. The van der Waals surface area contributed by atoms with Crippen molar-refractivity contribution in [3.63, 3.8) is 0 Å². The lowest BCUT2D eigenvalue weighted by molar-refractivity contribution is -0.120. The number of methoxy groups -OCH3 is 1. The molecule has 0 unspecified atom stereocenters. The van der Waals surface area contributed by atoms with Crippen LogP contribution in [0.15, 0.2) is 72.4 Å². The van der Waals surface area contributed by atoms with Crippen LogP contribution in [0.4, 0.5) is 11.4 Å². The predicted octanol–water partition coefficient (Wildman–Crippen LogP) is 5.45. The van der Waals surface area contributed by atoms with Crippen molar-refractivity contribution in [3.05, 3.63) is 88.6 Å². The van der Waals surface area contributed by atoms with Gasteiger partial charge in [0, 0.05) is 5.69 Å². The van der Waals surface area contributed by atoms with E-state index in [1.54, 1.807) is 42.5 Å². The van der Waals surface area contributed by atoms with Gasteiger partial charge in [0.15, 0.2) is 0 Å². The summed E-state index contributed by atoms with van der Waals surface area (Å²) in [6.45, 7) is 4.38. The summed E-state index contributed by atoms with van der Waals surface area (Å²) >= 11 is 6.26. The number of aryl methyl sites for hydroxylation is 1. The van der Waals surface area contributed by atoms with Crippen molar-refractivity contribution in [2.24, 2.45) is 0 Å². The summed E-state index contributed by atoms with van der Waals surface area (Å²) in [5.41, 5.74) is 3.20. The summed E-state index contributed by atoms with van der Waals surface area (Å²) in [7, 11) is 1.53. The van der Waals surface area contributed by atoms with Gasteiger partial charge in [0.25, 0.3) is 11.8 Å². The Bertz CT molecular complexity index is 1230.